The van der Waals surface area contributed by atoms with Gasteiger partial charge in [-0.25, -0.2) is 0 Å². The van der Waals surface area contributed by atoms with Gasteiger partial charge < -0.3 is 14.4 Å². The molecule has 0 saturated carbocycles. The van der Waals surface area contributed by atoms with Gasteiger partial charge >= 0.3 is 0 Å². The Morgan fingerprint density at radius 2 is 1.86 bits per heavy atom. The van der Waals surface area contributed by atoms with Crippen LogP contribution < -0.4 is 14.4 Å². The van der Waals surface area contributed by atoms with Gasteiger partial charge in [0.2, 0.25) is 0 Å². The summed E-state index contributed by atoms with van der Waals surface area (Å²) in [6, 6.07) is 12.2. The van der Waals surface area contributed by atoms with Crippen LogP contribution in [0.5, 0.6) is 11.5 Å². The van der Waals surface area contributed by atoms with Crippen molar-refractivity contribution in [3.05, 3.63) is 53.1 Å². The summed E-state index contributed by atoms with van der Waals surface area (Å²) in [7, 11) is 4.80. The molecule has 0 aromatic heterocycles. The van der Waals surface area contributed by atoms with Crippen LogP contribution in [0.25, 0.3) is 0 Å². The molecule has 0 N–H and O–H groups in total. The second-order valence-electron chi connectivity index (χ2n) is 4.41. The normalized spacial score (nSPS) is 10.1. The monoisotopic (exact) mass is 305 g/mol. The topological polar surface area (TPSA) is 38.8 Å². The quantitative estimate of drug-likeness (QED) is 0.866. The number of carbonyl (C=O) groups excluding carboxylic acids is 1. The van der Waals surface area contributed by atoms with Gasteiger partial charge in [-0.2, -0.15) is 0 Å². The van der Waals surface area contributed by atoms with Crippen LogP contribution in [-0.2, 0) is 0 Å². The van der Waals surface area contributed by atoms with Crippen molar-refractivity contribution in [2.24, 2.45) is 0 Å². The van der Waals surface area contributed by atoms with Crippen molar-refractivity contribution >= 4 is 23.2 Å². The molecule has 2 aromatic carbocycles. The van der Waals surface area contributed by atoms with Crippen LogP contribution in [0.4, 0.5) is 5.69 Å². The number of rotatable bonds is 4. The number of methoxy groups -OCH3 is 2. The SMILES string of the molecule is COc1cccc(N(C)C(=O)c2cc(Cl)ccc2OC)c1. The van der Waals surface area contributed by atoms with Crippen LogP contribution in [0.3, 0.4) is 0 Å². The number of anilines is 1. The molecule has 4 nitrogen and oxygen atoms in total. The van der Waals surface area contributed by atoms with Gasteiger partial charge in [0, 0.05) is 23.8 Å². The molecule has 2 rings (SSSR count). The highest BCUT2D eigenvalue weighted by atomic mass is 35.5. The van der Waals surface area contributed by atoms with Gasteiger partial charge in [-0.15, -0.1) is 0 Å². The molecular formula is C16H16ClNO3. The zero-order valence-corrected chi connectivity index (χ0v) is 12.8. The number of amides is 1. The van der Waals surface area contributed by atoms with E-state index in [-0.39, 0.29) is 5.91 Å². The fraction of sp³-hybridized carbons (Fsp3) is 0.188. The van der Waals surface area contributed by atoms with E-state index >= 15 is 0 Å². The first-order valence-corrected chi connectivity index (χ1v) is 6.70. The van der Waals surface area contributed by atoms with Gasteiger partial charge in [-0.05, 0) is 30.3 Å². The van der Waals surface area contributed by atoms with E-state index in [2.05, 4.69) is 0 Å². The Morgan fingerprint density at radius 1 is 1.10 bits per heavy atom. The second-order valence-corrected chi connectivity index (χ2v) is 4.85. The van der Waals surface area contributed by atoms with Crippen molar-refractivity contribution in [2.75, 3.05) is 26.2 Å². The third-order valence-electron chi connectivity index (χ3n) is 3.14. The Bertz CT molecular complexity index is 658. The molecule has 0 atom stereocenters. The lowest BCUT2D eigenvalue weighted by Crippen LogP contribution is -2.26. The summed E-state index contributed by atoms with van der Waals surface area (Å²) >= 11 is 5.97. The molecule has 21 heavy (non-hydrogen) atoms. The predicted octanol–water partition coefficient (Wildman–Crippen LogP) is 3.63. The van der Waals surface area contributed by atoms with Crippen LogP contribution in [0.2, 0.25) is 5.02 Å². The van der Waals surface area contributed by atoms with E-state index in [1.165, 1.54) is 12.0 Å². The average Bonchev–Trinajstić information content (AvgIpc) is 2.53. The van der Waals surface area contributed by atoms with Crippen molar-refractivity contribution in [2.45, 2.75) is 0 Å². The minimum absolute atomic E-state index is 0.206. The van der Waals surface area contributed by atoms with Crippen molar-refractivity contribution in [1.82, 2.24) is 0 Å². The minimum Gasteiger partial charge on any atom is -0.497 e. The predicted molar refractivity (Wildman–Crippen MR) is 83.7 cm³/mol. The summed E-state index contributed by atoms with van der Waals surface area (Å²) in [5, 5.41) is 0.484. The molecule has 0 spiro atoms. The van der Waals surface area contributed by atoms with E-state index in [1.54, 1.807) is 38.4 Å². The van der Waals surface area contributed by atoms with E-state index < -0.39 is 0 Å². The van der Waals surface area contributed by atoms with Crippen molar-refractivity contribution in [1.29, 1.82) is 0 Å². The van der Waals surface area contributed by atoms with Gasteiger partial charge in [0.15, 0.2) is 0 Å². The fourth-order valence-electron chi connectivity index (χ4n) is 1.96. The molecule has 0 fully saturated rings. The molecule has 5 heteroatoms. The van der Waals surface area contributed by atoms with Crippen molar-refractivity contribution in [3.63, 3.8) is 0 Å². The Kier molecular flexibility index (Phi) is 4.70. The average molecular weight is 306 g/mol. The van der Waals surface area contributed by atoms with Gasteiger partial charge in [0.05, 0.1) is 19.8 Å². The molecule has 110 valence electrons. The van der Waals surface area contributed by atoms with Gasteiger partial charge in [-0.3, -0.25) is 4.79 Å². The van der Waals surface area contributed by atoms with E-state index in [9.17, 15) is 4.79 Å². The molecule has 2 aromatic rings. The Hall–Kier alpha value is -2.20. The summed E-state index contributed by atoms with van der Waals surface area (Å²) in [4.78, 5) is 14.1. The van der Waals surface area contributed by atoms with E-state index in [0.717, 1.165) is 5.69 Å². The lowest BCUT2D eigenvalue weighted by Gasteiger charge is -2.19. The molecule has 0 aliphatic carbocycles. The summed E-state index contributed by atoms with van der Waals surface area (Å²) < 4.78 is 10.4. The minimum atomic E-state index is -0.206. The zero-order valence-electron chi connectivity index (χ0n) is 12.1. The van der Waals surface area contributed by atoms with Crippen LogP contribution in [-0.4, -0.2) is 27.2 Å². The van der Waals surface area contributed by atoms with Crippen LogP contribution in [0.15, 0.2) is 42.5 Å². The Morgan fingerprint density at radius 3 is 2.52 bits per heavy atom. The maximum absolute atomic E-state index is 12.6. The second kappa shape index (κ2) is 6.50. The number of ether oxygens (including phenoxy) is 2. The smallest absolute Gasteiger partial charge is 0.261 e. The first kappa shape index (κ1) is 15.2. The first-order chi connectivity index (χ1) is 10.1. The lowest BCUT2D eigenvalue weighted by molar-refractivity contribution is 0.0990. The zero-order chi connectivity index (χ0) is 15.4. The maximum atomic E-state index is 12.6. The number of hydrogen-bond acceptors (Lipinski definition) is 3. The summed E-state index contributed by atoms with van der Waals surface area (Å²) in [5.41, 5.74) is 1.14. The van der Waals surface area contributed by atoms with Crippen LogP contribution in [0, 0.1) is 0 Å². The molecule has 1 amide bonds. The molecule has 0 radical (unpaired) electrons. The Labute approximate surface area is 128 Å². The molecule has 0 unspecified atom stereocenters. The highest BCUT2D eigenvalue weighted by Gasteiger charge is 2.18. The molecule has 0 aliphatic heterocycles. The third kappa shape index (κ3) is 3.28. The van der Waals surface area contributed by atoms with Gasteiger partial charge in [0.25, 0.3) is 5.91 Å². The van der Waals surface area contributed by atoms with Crippen LogP contribution >= 0.6 is 11.6 Å². The fourth-order valence-corrected chi connectivity index (χ4v) is 2.14. The van der Waals surface area contributed by atoms with E-state index in [4.69, 9.17) is 21.1 Å². The largest absolute Gasteiger partial charge is 0.497 e. The lowest BCUT2D eigenvalue weighted by atomic mass is 10.1. The summed E-state index contributed by atoms with van der Waals surface area (Å²) in [5.74, 6) is 0.965. The number of carbonyl (C=O) groups is 1. The summed E-state index contributed by atoms with van der Waals surface area (Å²) in [6.45, 7) is 0. The van der Waals surface area contributed by atoms with E-state index in [1.807, 2.05) is 18.2 Å². The highest BCUT2D eigenvalue weighted by molar-refractivity contribution is 6.31. The molecule has 0 bridgehead atoms. The molecule has 0 aliphatic rings. The van der Waals surface area contributed by atoms with Crippen molar-refractivity contribution in [3.8, 4) is 11.5 Å². The maximum Gasteiger partial charge on any atom is 0.261 e. The summed E-state index contributed by atoms with van der Waals surface area (Å²) in [6.07, 6.45) is 0. The van der Waals surface area contributed by atoms with E-state index in [0.29, 0.717) is 22.1 Å². The molecule has 0 heterocycles. The van der Waals surface area contributed by atoms with Crippen LogP contribution in [0.1, 0.15) is 10.4 Å². The number of hydrogen-bond donors (Lipinski definition) is 0. The molecule has 0 saturated heterocycles. The first-order valence-electron chi connectivity index (χ1n) is 6.32. The molecular weight excluding hydrogens is 290 g/mol. The standard InChI is InChI=1S/C16H16ClNO3/c1-18(12-5-4-6-13(10-12)20-2)16(19)14-9-11(17)7-8-15(14)21-3/h4-10H,1-3H3. The number of benzene rings is 2. The van der Waals surface area contributed by atoms with Gasteiger partial charge in [0.1, 0.15) is 11.5 Å². The van der Waals surface area contributed by atoms with Gasteiger partial charge in [-0.1, -0.05) is 17.7 Å². The third-order valence-corrected chi connectivity index (χ3v) is 3.37. The van der Waals surface area contributed by atoms with Crippen molar-refractivity contribution < 1.29 is 14.3 Å². The number of halogens is 1. The Balaban J connectivity index is 2.36. The highest BCUT2D eigenvalue weighted by Crippen LogP contribution is 2.27. The number of nitrogens with zero attached hydrogens (tertiary/aromatic N) is 1.